The van der Waals surface area contributed by atoms with Gasteiger partial charge in [-0.3, -0.25) is 19.3 Å². The summed E-state index contributed by atoms with van der Waals surface area (Å²) in [6, 6.07) is 6.28. The van der Waals surface area contributed by atoms with Crippen LogP contribution in [-0.4, -0.2) is 42.2 Å². The summed E-state index contributed by atoms with van der Waals surface area (Å²) in [6.07, 6.45) is 5.07. The lowest BCUT2D eigenvalue weighted by Gasteiger charge is -2.14. The maximum absolute atomic E-state index is 12.3. The summed E-state index contributed by atoms with van der Waals surface area (Å²) in [5.74, 6) is -1.67. The molecule has 0 spiro atoms. The van der Waals surface area contributed by atoms with Gasteiger partial charge in [-0.2, -0.15) is 0 Å². The predicted molar refractivity (Wildman–Crippen MR) is 93.1 cm³/mol. The minimum Gasteiger partial charge on any atom is -0.465 e. The third kappa shape index (κ3) is 3.51. The molecule has 1 fully saturated rings. The molecule has 2 atom stereocenters. The van der Waals surface area contributed by atoms with Gasteiger partial charge in [-0.05, 0) is 37.1 Å². The van der Waals surface area contributed by atoms with E-state index in [1.54, 1.807) is 24.3 Å². The molecule has 1 aliphatic carbocycles. The molecule has 1 aliphatic heterocycles. The summed E-state index contributed by atoms with van der Waals surface area (Å²) >= 11 is 0. The van der Waals surface area contributed by atoms with Crippen LogP contribution < -0.4 is 5.32 Å². The zero-order valence-electron chi connectivity index (χ0n) is 14.4. The molecule has 3 amide bonds. The van der Waals surface area contributed by atoms with Crippen molar-refractivity contribution in [3.05, 3.63) is 42.0 Å². The second-order valence-electron chi connectivity index (χ2n) is 6.35. The molecule has 0 unspecified atom stereocenters. The van der Waals surface area contributed by atoms with Crippen molar-refractivity contribution in [3.8, 4) is 0 Å². The second kappa shape index (κ2) is 7.51. The highest BCUT2D eigenvalue weighted by Crippen LogP contribution is 2.35. The number of nitrogens with one attached hydrogen (secondary N) is 1. The number of methoxy groups -OCH3 is 1. The molecule has 3 rings (SSSR count). The third-order valence-corrected chi connectivity index (χ3v) is 4.75. The van der Waals surface area contributed by atoms with Gasteiger partial charge in [-0.15, -0.1) is 0 Å². The molecule has 1 aromatic rings. The average molecular weight is 356 g/mol. The van der Waals surface area contributed by atoms with Crippen molar-refractivity contribution in [2.75, 3.05) is 19.0 Å². The van der Waals surface area contributed by atoms with E-state index in [4.69, 9.17) is 0 Å². The molecule has 2 aliphatic rings. The minimum atomic E-state index is -0.454. The summed E-state index contributed by atoms with van der Waals surface area (Å²) in [4.78, 5) is 49.4. The van der Waals surface area contributed by atoms with Crippen LogP contribution >= 0.6 is 0 Å². The lowest BCUT2D eigenvalue weighted by molar-refractivity contribution is -0.140. The standard InChI is InChI=1S/C19H20N2O5/c1-26-19(25)12-6-8-13(9-7-12)20-16(22)10-11-21-17(23)14-4-2-3-5-15(14)18(21)24/h2-3,6-9,14-15H,4-5,10-11H2,1H3,(H,20,22)/t14-,15+. The van der Waals surface area contributed by atoms with E-state index < -0.39 is 5.97 Å². The fraction of sp³-hybridized carbons (Fsp3) is 0.368. The van der Waals surface area contributed by atoms with Gasteiger partial charge in [0.25, 0.3) is 0 Å². The molecule has 1 saturated heterocycles. The van der Waals surface area contributed by atoms with Crippen LogP contribution in [0.1, 0.15) is 29.6 Å². The molecule has 0 bridgehead atoms. The lowest BCUT2D eigenvalue weighted by atomic mass is 9.85. The van der Waals surface area contributed by atoms with Crippen molar-refractivity contribution >= 4 is 29.4 Å². The first-order valence-corrected chi connectivity index (χ1v) is 8.49. The number of carbonyl (C=O) groups is 4. The first-order chi connectivity index (χ1) is 12.5. The Kier molecular flexibility index (Phi) is 5.16. The van der Waals surface area contributed by atoms with Gasteiger partial charge >= 0.3 is 5.97 Å². The summed E-state index contributed by atoms with van der Waals surface area (Å²) in [7, 11) is 1.30. The maximum Gasteiger partial charge on any atom is 0.337 e. The SMILES string of the molecule is COC(=O)c1ccc(NC(=O)CCN2C(=O)[C@H]3CC=CC[C@H]3C2=O)cc1. The number of ether oxygens (including phenoxy) is 1. The van der Waals surface area contributed by atoms with Gasteiger partial charge in [-0.1, -0.05) is 12.2 Å². The molecule has 0 radical (unpaired) electrons. The van der Waals surface area contributed by atoms with Crippen LogP contribution in [0.5, 0.6) is 0 Å². The fourth-order valence-corrected chi connectivity index (χ4v) is 3.33. The molecule has 7 nitrogen and oxygen atoms in total. The highest BCUT2D eigenvalue weighted by atomic mass is 16.5. The number of esters is 1. The van der Waals surface area contributed by atoms with Crippen molar-refractivity contribution in [2.45, 2.75) is 19.3 Å². The molecule has 0 aromatic heterocycles. The molecule has 136 valence electrons. The number of imide groups is 1. The zero-order chi connectivity index (χ0) is 18.7. The Hall–Kier alpha value is -2.96. The normalized spacial score (nSPS) is 21.5. The Morgan fingerprint density at radius 3 is 2.19 bits per heavy atom. The van der Waals surface area contributed by atoms with Crippen LogP contribution in [0.25, 0.3) is 0 Å². The van der Waals surface area contributed by atoms with E-state index in [1.165, 1.54) is 12.0 Å². The quantitative estimate of drug-likeness (QED) is 0.493. The first kappa shape index (κ1) is 17.8. The number of benzene rings is 1. The molecular weight excluding hydrogens is 336 g/mol. The number of rotatable bonds is 5. The lowest BCUT2D eigenvalue weighted by Crippen LogP contribution is -2.34. The summed E-state index contributed by atoms with van der Waals surface area (Å²) < 4.78 is 4.61. The van der Waals surface area contributed by atoms with E-state index in [0.29, 0.717) is 24.1 Å². The van der Waals surface area contributed by atoms with Crippen LogP contribution in [0.15, 0.2) is 36.4 Å². The van der Waals surface area contributed by atoms with E-state index in [9.17, 15) is 19.2 Å². The van der Waals surface area contributed by atoms with E-state index >= 15 is 0 Å². The van der Waals surface area contributed by atoms with E-state index in [1.807, 2.05) is 12.2 Å². The van der Waals surface area contributed by atoms with E-state index in [0.717, 1.165) is 0 Å². The Labute approximate surface area is 151 Å². The summed E-state index contributed by atoms with van der Waals surface area (Å²) in [6.45, 7) is 0.0801. The number of nitrogens with zero attached hydrogens (tertiary/aromatic N) is 1. The van der Waals surface area contributed by atoms with Gasteiger partial charge in [0.15, 0.2) is 0 Å². The van der Waals surface area contributed by atoms with Gasteiger partial charge in [0, 0.05) is 18.7 Å². The monoisotopic (exact) mass is 356 g/mol. The Morgan fingerprint density at radius 1 is 1.08 bits per heavy atom. The molecule has 26 heavy (non-hydrogen) atoms. The Morgan fingerprint density at radius 2 is 1.65 bits per heavy atom. The van der Waals surface area contributed by atoms with Crippen LogP contribution in [0.4, 0.5) is 5.69 Å². The number of allylic oxidation sites excluding steroid dienone is 2. The van der Waals surface area contributed by atoms with Crippen molar-refractivity contribution < 1.29 is 23.9 Å². The van der Waals surface area contributed by atoms with Crippen LogP contribution in [-0.2, 0) is 19.1 Å². The van der Waals surface area contributed by atoms with Crippen LogP contribution in [0.3, 0.4) is 0 Å². The Balaban J connectivity index is 1.53. The average Bonchev–Trinajstić information content (AvgIpc) is 2.91. The highest BCUT2D eigenvalue weighted by molar-refractivity contribution is 6.05. The van der Waals surface area contributed by atoms with Gasteiger partial charge < -0.3 is 10.1 Å². The highest BCUT2D eigenvalue weighted by Gasteiger charge is 2.46. The van der Waals surface area contributed by atoms with Gasteiger partial charge in [0.1, 0.15) is 0 Å². The molecule has 1 N–H and O–H groups in total. The number of likely N-dealkylation sites (tertiary alicyclic amines) is 1. The van der Waals surface area contributed by atoms with Gasteiger partial charge in [0.2, 0.25) is 17.7 Å². The Bertz CT molecular complexity index is 743. The van der Waals surface area contributed by atoms with E-state index in [-0.39, 0.29) is 42.5 Å². The first-order valence-electron chi connectivity index (χ1n) is 8.49. The summed E-state index contributed by atoms with van der Waals surface area (Å²) in [5.41, 5.74) is 0.912. The van der Waals surface area contributed by atoms with E-state index in [2.05, 4.69) is 10.1 Å². The largest absolute Gasteiger partial charge is 0.465 e. The van der Waals surface area contributed by atoms with Crippen LogP contribution in [0.2, 0.25) is 0 Å². The molecule has 7 heteroatoms. The van der Waals surface area contributed by atoms with Crippen molar-refractivity contribution in [3.63, 3.8) is 0 Å². The number of amides is 3. The van der Waals surface area contributed by atoms with Crippen molar-refractivity contribution in [1.82, 2.24) is 4.90 Å². The number of hydrogen-bond donors (Lipinski definition) is 1. The second-order valence-corrected chi connectivity index (χ2v) is 6.35. The predicted octanol–water partition coefficient (Wildman–Crippen LogP) is 1.75. The van der Waals surface area contributed by atoms with Gasteiger partial charge in [-0.25, -0.2) is 4.79 Å². The molecule has 1 aromatic carbocycles. The van der Waals surface area contributed by atoms with Crippen molar-refractivity contribution in [1.29, 1.82) is 0 Å². The topological polar surface area (TPSA) is 92.8 Å². The number of carbonyl (C=O) groups excluding carboxylic acids is 4. The fourth-order valence-electron chi connectivity index (χ4n) is 3.33. The number of fused-ring (bicyclic) bond motifs is 1. The molecule has 1 heterocycles. The van der Waals surface area contributed by atoms with Gasteiger partial charge in [0.05, 0.1) is 24.5 Å². The minimum absolute atomic E-state index is 0.0309. The van der Waals surface area contributed by atoms with Crippen LogP contribution in [0, 0.1) is 11.8 Å². The number of anilines is 1. The number of hydrogen-bond acceptors (Lipinski definition) is 5. The third-order valence-electron chi connectivity index (χ3n) is 4.75. The molecular formula is C19H20N2O5. The van der Waals surface area contributed by atoms with Crippen molar-refractivity contribution in [2.24, 2.45) is 11.8 Å². The molecule has 0 saturated carbocycles. The smallest absolute Gasteiger partial charge is 0.337 e. The summed E-state index contributed by atoms with van der Waals surface area (Å²) in [5, 5.41) is 2.69. The maximum atomic E-state index is 12.3. The zero-order valence-corrected chi connectivity index (χ0v) is 14.4.